The van der Waals surface area contributed by atoms with Gasteiger partial charge in [0, 0.05) is 5.75 Å². The lowest BCUT2D eigenvalue weighted by atomic mass is 10.0. The summed E-state index contributed by atoms with van der Waals surface area (Å²) in [6, 6.07) is 5.43. The van der Waals surface area contributed by atoms with E-state index in [0.29, 0.717) is 0 Å². The minimum absolute atomic E-state index is 0.578. The Morgan fingerprint density at radius 1 is 1.12 bits per heavy atom. The Morgan fingerprint density at radius 2 is 1.81 bits per heavy atom. The number of halogens is 3. The van der Waals surface area contributed by atoms with E-state index in [2.05, 4.69) is 5.41 Å². The Kier molecular flexibility index (Phi) is 3.28. The highest BCUT2D eigenvalue weighted by atomic mass is 32.2. The minimum Gasteiger partial charge on any atom is -0.166 e. The average Bonchev–Trinajstić information content (AvgIpc) is 2.70. The van der Waals surface area contributed by atoms with Crippen molar-refractivity contribution < 1.29 is 13.2 Å². The highest BCUT2D eigenvalue weighted by molar-refractivity contribution is 8.02. The van der Waals surface area contributed by atoms with Crippen LogP contribution in [-0.2, 0) is 12.6 Å². The summed E-state index contributed by atoms with van der Waals surface area (Å²) in [6.07, 6.45) is -2.42. The van der Waals surface area contributed by atoms with Gasteiger partial charge in [-0.3, -0.25) is 0 Å². The van der Waals surface area contributed by atoms with Gasteiger partial charge in [-0.05, 0) is 35.9 Å². The Hall–Kier alpha value is -0.900. The second kappa shape index (κ2) is 4.53. The molecule has 0 amide bonds. The van der Waals surface area contributed by atoms with Crippen molar-refractivity contribution in [3.8, 4) is 0 Å². The summed E-state index contributed by atoms with van der Waals surface area (Å²) in [5.74, 6) is 1.09. The molecule has 16 heavy (non-hydrogen) atoms. The van der Waals surface area contributed by atoms with Crippen LogP contribution in [0.25, 0.3) is 0 Å². The lowest BCUT2D eigenvalue weighted by molar-refractivity contribution is -0.137. The average molecular weight is 244 g/mol. The molecule has 0 N–H and O–H groups in total. The van der Waals surface area contributed by atoms with E-state index in [1.54, 1.807) is 23.9 Å². The zero-order valence-electron chi connectivity index (χ0n) is 8.55. The van der Waals surface area contributed by atoms with Gasteiger partial charge in [-0.25, -0.2) is 0 Å². The highest BCUT2D eigenvalue weighted by Gasteiger charge is 2.29. The molecule has 0 unspecified atom stereocenters. The predicted octanol–water partition coefficient (Wildman–Crippen LogP) is 4.27. The largest absolute Gasteiger partial charge is 0.416 e. The number of hydrogen-bond donors (Lipinski definition) is 0. The number of alkyl halides is 3. The van der Waals surface area contributed by atoms with Crippen LogP contribution in [0.4, 0.5) is 13.2 Å². The first-order valence-corrected chi connectivity index (χ1v) is 6.06. The Bertz CT molecular complexity index is 390. The molecule has 0 bridgehead atoms. The highest BCUT2D eigenvalue weighted by Crippen LogP contribution is 2.30. The second-order valence-corrected chi connectivity index (χ2v) is 4.75. The molecule has 4 heteroatoms. The zero-order valence-corrected chi connectivity index (χ0v) is 9.37. The SMILES string of the molecule is FC(F)(F)c1ccc(CC2=CSCC2)cc1. The molecule has 0 atom stereocenters. The van der Waals surface area contributed by atoms with Gasteiger partial charge < -0.3 is 0 Å². The van der Waals surface area contributed by atoms with Crippen molar-refractivity contribution >= 4 is 11.8 Å². The summed E-state index contributed by atoms with van der Waals surface area (Å²) in [4.78, 5) is 0. The molecule has 1 aliphatic rings. The first kappa shape index (κ1) is 11.6. The molecule has 0 radical (unpaired) electrons. The summed E-state index contributed by atoms with van der Waals surface area (Å²) in [5.41, 5.74) is 1.68. The number of allylic oxidation sites excluding steroid dienone is 1. The fraction of sp³-hybridized carbons (Fsp3) is 0.333. The predicted molar refractivity (Wildman–Crippen MR) is 60.3 cm³/mol. The fourth-order valence-corrected chi connectivity index (χ4v) is 2.56. The van der Waals surface area contributed by atoms with Crippen molar-refractivity contribution in [3.05, 3.63) is 46.4 Å². The lowest BCUT2D eigenvalue weighted by Crippen LogP contribution is -2.04. The standard InChI is InChI=1S/C12H11F3S/c13-12(14,15)11-3-1-9(2-4-11)7-10-5-6-16-8-10/h1-4,8H,5-7H2. The van der Waals surface area contributed by atoms with Crippen LogP contribution in [-0.4, -0.2) is 5.75 Å². The molecule has 2 rings (SSSR count). The normalized spacial score (nSPS) is 16.3. The van der Waals surface area contributed by atoms with Crippen molar-refractivity contribution in [3.63, 3.8) is 0 Å². The molecule has 0 spiro atoms. The molecule has 0 nitrogen and oxygen atoms in total. The molecular formula is C12H11F3S. The summed E-state index contributed by atoms with van der Waals surface area (Å²) in [5, 5.41) is 2.11. The van der Waals surface area contributed by atoms with E-state index in [9.17, 15) is 13.2 Å². The van der Waals surface area contributed by atoms with Crippen molar-refractivity contribution in [1.29, 1.82) is 0 Å². The number of thioether (sulfide) groups is 1. The zero-order chi connectivity index (χ0) is 11.6. The Balaban J connectivity index is 2.07. The maximum Gasteiger partial charge on any atom is 0.416 e. The van der Waals surface area contributed by atoms with Gasteiger partial charge in [0.25, 0.3) is 0 Å². The van der Waals surface area contributed by atoms with Gasteiger partial charge >= 0.3 is 6.18 Å². The first-order chi connectivity index (χ1) is 7.55. The Morgan fingerprint density at radius 3 is 2.31 bits per heavy atom. The van der Waals surface area contributed by atoms with Crippen molar-refractivity contribution in [2.75, 3.05) is 5.75 Å². The van der Waals surface area contributed by atoms with E-state index in [0.717, 1.165) is 36.3 Å². The van der Waals surface area contributed by atoms with E-state index in [4.69, 9.17) is 0 Å². The molecule has 0 saturated heterocycles. The van der Waals surface area contributed by atoms with Crippen molar-refractivity contribution in [2.24, 2.45) is 0 Å². The molecule has 0 saturated carbocycles. The summed E-state index contributed by atoms with van der Waals surface area (Å²) in [6.45, 7) is 0. The molecule has 0 aliphatic carbocycles. The third-order valence-corrected chi connectivity index (χ3v) is 3.44. The lowest BCUT2D eigenvalue weighted by Gasteiger charge is -2.07. The van der Waals surface area contributed by atoms with E-state index >= 15 is 0 Å². The van der Waals surface area contributed by atoms with Crippen LogP contribution in [0, 0.1) is 0 Å². The Labute approximate surface area is 96.5 Å². The summed E-state index contributed by atoms with van der Waals surface area (Å²) < 4.78 is 36.9. The van der Waals surface area contributed by atoms with Gasteiger partial charge in [0.05, 0.1) is 5.56 Å². The molecule has 0 fully saturated rings. The molecule has 1 aromatic carbocycles. The quantitative estimate of drug-likeness (QED) is 0.748. The molecule has 86 valence electrons. The van der Waals surface area contributed by atoms with Gasteiger partial charge in [0.1, 0.15) is 0 Å². The maximum absolute atomic E-state index is 12.3. The van der Waals surface area contributed by atoms with Crippen LogP contribution >= 0.6 is 11.8 Å². The molecule has 0 aromatic heterocycles. The van der Waals surface area contributed by atoms with E-state index in [1.807, 2.05) is 0 Å². The molecular weight excluding hydrogens is 233 g/mol. The smallest absolute Gasteiger partial charge is 0.166 e. The third-order valence-electron chi connectivity index (χ3n) is 2.50. The van der Waals surface area contributed by atoms with Crippen molar-refractivity contribution in [1.82, 2.24) is 0 Å². The monoisotopic (exact) mass is 244 g/mol. The second-order valence-electron chi connectivity index (χ2n) is 3.77. The van der Waals surface area contributed by atoms with Crippen molar-refractivity contribution in [2.45, 2.75) is 19.0 Å². The van der Waals surface area contributed by atoms with Gasteiger partial charge in [0.2, 0.25) is 0 Å². The molecule has 1 aromatic rings. The summed E-state index contributed by atoms with van der Waals surface area (Å²) in [7, 11) is 0. The first-order valence-electron chi connectivity index (χ1n) is 5.01. The van der Waals surface area contributed by atoms with Crippen LogP contribution < -0.4 is 0 Å². The van der Waals surface area contributed by atoms with Crippen LogP contribution in [0.1, 0.15) is 17.5 Å². The fourth-order valence-electron chi connectivity index (χ4n) is 1.63. The van der Waals surface area contributed by atoms with Gasteiger partial charge in [-0.1, -0.05) is 17.7 Å². The molecule has 1 aliphatic heterocycles. The van der Waals surface area contributed by atoms with Crippen LogP contribution in [0.15, 0.2) is 35.2 Å². The van der Waals surface area contributed by atoms with Crippen LogP contribution in [0.2, 0.25) is 0 Å². The van der Waals surface area contributed by atoms with E-state index in [-0.39, 0.29) is 0 Å². The van der Waals surface area contributed by atoms with Crippen LogP contribution in [0.5, 0.6) is 0 Å². The number of benzene rings is 1. The minimum atomic E-state index is -4.24. The van der Waals surface area contributed by atoms with Gasteiger partial charge in [-0.2, -0.15) is 13.2 Å². The number of rotatable bonds is 2. The van der Waals surface area contributed by atoms with Crippen LogP contribution in [0.3, 0.4) is 0 Å². The maximum atomic E-state index is 12.3. The van der Waals surface area contributed by atoms with Gasteiger partial charge in [-0.15, -0.1) is 11.8 Å². The number of hydrogen-bond acceptors (Lipinski definition) is 1. The molecule has 1 heterocycles. The van der Waals surface area contributed by atoms with E-state index in [1.165, 1.54) is 5.57 Å². The summed E-state index contributed by atoms with van der Waals surface area (Å²) >= 11 is 1.77. The third kappa shape index (κ3) is 2.82. The van der Waals surface area contributed by atoms with Gasteiger partial charge in [0.15, 0.2) is 0 Å². The topological polar surface area (TPSA) is 0 Å². The van der Waals surface area contributed by atoms with E-state index < -0.39 is 11.7 Å².